The zero-order chi connectivity index (χ0) is 15.5. The summed E-state index contributed by atoms with van der Waals surface area (Å²) in [5.74, 6) is -4.19. The minimum Gasteiger partial charge on any atom is -0.392 e. The maximum Gasteiger partial charge on any atom is 0.343 e. The van der Waals surface area contributed by atoms with Crippen molar-refractivity contribution >= 4 is 23.9 Å². The highest BCUT2D eigenvalue weighted by Gasteiger charge is 2.59. The fourth-order valence-corrected chi connectivity index (χ4v) is 3.76. The first kappa shape index (κ1) is 13.7. The molecule has 6 heteroatoms. The Balaban J connectivity index is 2.19. The van der Waals surface area contributed by atoms with Gasteiger partial charge in [0.2, 0.25) is 0 Å². The summed E-state index contributed by atoms with van der Waals surface area (Å²) in [5.41, 5.74) is 0.280. The van der Waals surface area contributed by atoms with E-state index in [1.807, 2.05) is 6.92 Å². The van der Waals surface area contributed by atoms with Crippen LogP contribution in [0.5, 0.6) is 0 Å². The summed E-state index contributed by atoms with van der Waals surface area (Å²) in [6.07, 6.45) is 2.10. The van der Waals surface area contributed by atoms with Crippen molar-refractivity contribution in [2.75, 3.05) is 0 Å². The lowest BCUT2D eigenvalue weighted by atomic mass is 9.60. The third kappa shape index (κ3) is 1.71. The Kier molecular flexibility index (Phi) is 2.70. The van der Waals surface area contributed by atoms with E-state index in [9.17, 15) is 19.2 Å². The van der Waals surface area contributed by atoms with Crippen LogP contribution in [0, 0.1) is 17.3 Å². The topological polar surface area (TPSA) is 86.7 Å². The first-order valence-electron chi connectivity index (χ1n) is 6.66. The van der Waals surface area contributed by atoms with Gasteiger partial charge in [0.05, 0.1) is 17.4 Å². The molecule has 1 saturated heterocycles. The average molecular weight is 290 g/mol. The minimum absolute atomic E-state index is 0.182. The fraction of sp³-hybridized carbons (Fsp3) is 0.467. The van der Waals surface area contributed by atoms with Crippen LogP contribution in [0.3, 0.4) is 0 Å². The van der Waals surface area contributed by atoms with Crippen molar-refractivity contribution in [3.05, 3.63) is 22.8 Å². The standard InChI is InChI=1S/C15H14O6/c1-6-4-8-10(14(19)21-12(8)17)15(3,5-6)9-7(2)11(16)20-13(9)18/h4,8,10H,5H2,1-3H3. The molecule has 0 aromatic heterocycles. The molecule has 110 valence electrons. The van der Waals surface area contributed by atoms with E-state index in [1.165, 1.54) is 6.92 Å². The Labute approximate surface area is 120 Å². The molecule has 2 heterocycles. The van der Waals surface area contributed by atoms with Crippen molar-refractivity contribution in [3.63, 3.8) is 0 Å². The summed E-state index contributed by atoms with van der Waals surface area (Å²) in [5, 5.41) is 0. The van der Waals surface area contributed by atoms with E-state index in [1.54, 1.807) is 13.0 Å². The van der Waals surface area contributed by atoms with Crippen LogP contribution in [0.25, 0.3) is 0 Å². The molecule has 1 fully saturated rings. The van der Waals surface area contributed by atoms with Gasteiger partial charge in [0.25, 0.3) is 0 Å². The molecule has 0 aromatic rings. The van der Waals surface area contributed by atoms with E-state index in [-0.39, 0.29) is 11.1 Å². The lowest BCUT2D eigenvalue weighted by molar-refractivity contribution is -0.154. The second-order valence-electron chi connectivity index (χ2n) is 6.03. The van der Waals surface area contributed by atoms with Crippen LogP contribution in [0.4, 0.5) is 0 Å². The number of ether oxygens (including phenoxy) is 2. The van der Waals surface area contributed by atoms with Crippen LogP contribution in [0.15, 0.2) is 22.8 Å². The van der Waals surface area contributed by atoms with Gasteiger partial charge >= 0.3 is 23.9 Å². The van der Waals surface area contributed by atoms with E-state index in [0.29, 0.717) is 6.42 Å². The quantitative estimate of drug-likeness (QED) is 0.407. The normalized spacial score (nSPS) is 35.7. The summed E-state index contributed by atoms with van der Waals surface area (Å²) in [7, 11) is 0. The van der Waals surface area contributed by atoms with Gasteiger partial charge in [0.1, 0.15) is 0 Å². The first-order valence-corrected chi connectivity index (χ1v) is 6.66. The molecule has 0 amide bonds. The van der Waals surface area contributed by atoms with Gasteiger partial charge in [-0.2, -0.15) is 0 Å². The Morgan fingerprint density at radius 3 is 2.29 bits per heavy atom. The van der Waals surface area contributed by atoms with Crippen LogP contribution in [-0.4, -0.2) is 23.9 Å². The van der Waals surface area contributed by atoms with Gasteiger partial charge in [0, 0.05) is 11.0 Å². The molecule has 3 aliphatic rings. The first-order chi connectivity index (χ1) is 9.75. The molecule has 3 atom stereocenters. The average Bonchev–Trinajstić information content (AvgIpc) is 2.77. The SMILES string of the molecule is CC1=CC2C(=O)OC(=O)C2C(C)(C2=C(C)C(=O)OC2=O)C1. The van der Waals surface area contributed by atoms with Gasteiger partial charge in [-0.1, -0.05) is 18.6 Å². The van der Waals surface area contributed by atoms with Crippen molar-refractivity contribution in [1.29, 1.82) is 0 Å². The fourth-order valence-electron chi connectivity index (χ4n) is 3.76. The van der Waals surface area contributed by atoms with Crippen LogP contribution < -0.4 is 0 Å². The largest absolute Gasteiger partial charge is 0.392 e. The monoisotopic (exact) mass is 290 g/mol. The highest BCUT2D eigenvalue weighted by molar-refractivity contribution is 6.13. The van der Waals surface area contributed by atoms with E-state index in [4.69, 9.17) is 4.74 Å². The number of allylic oxidation sites excluding steroid dienone is 1. The van der Waals surface area contributed by atoms with Gasteiger partial charge < -0.3 is 9.47 Å². The van der Waals surface area contributed by atoms with Crippen LogP contribution in [0.1, 0.15) is 27.2 Å². The number of cyclic esters (lactones) is 4. The Morgan fingerprint density at radius 2 is 1.71 bits per heavy atom. The van der Waals surface area contributed by atoms with Gasteiger partial charge in [-0.15, -0.1) is 0 Å². The van der Waals surface area contributed by atoms with Gasteiger partial charge in [0.15, 0.2) is 0 Å². The second-order valence-corrected chi connectivity index (χ2v) is 6.03. The predicted molar refractivity (Wildman–Crippen MR) is 68.4 cm³/mol. The molecular weight excluding hydrogens is 276 g/mol. The lowest BCUT2D eigenvalue weighted by Gasteiger charge is -2.38. The van der Waals surface area contributed by atoms with Gasteiger partial charge in [-0.3, -0.25) is 9.59 Å². The Hall–Kier alpha value is -2.24. The molecule has 0 spiro atoms. The molecule has 21 heavy (non-hydrogen) atoms. The number of esters is 4. The second kappa shape index (κ2) is 4.13. The van der Waals surface area contributed by atoms with Gasteiger partial charge in [-0.05, 0) is 20.3 Å². The zero-order valence-electron chi connectivity index (χ0n) is 11.9. The third-order valence-electron chi connectivity index (χ3n) is 4.52. The van der Waals surface area contributed by atoms with Crippen LogP contribution in [-0.2, 0) is 28.7 Å². The maximum atomic E-state index is 12.1. The molecule has 0 radical (unpaired) electrons. The smallest absolute Gasteiger partial charge is 0.343 e. The number of carbonyl (C=O) groups excluding carboxylic acids is 4. The molecule has 0 N–H and O–H groups in total. The summed E-state index contributed by atoms with van der Waals surface area (Å²) in [6, 6.07) is 0. The molecule has 3 rings (SSSR count). The van der Waals surface area contributed by atoms with Gasteiger partial charge in [-0.25, -0.2) is 9.59 Å². The highest BCUT2D eigenvalue weighted by atomic mass is 16.6. The maximum absolute atomic E-state index is 12.1. The molecule has 1 aliphatic carbocycles. The Bertz CT molecular complexity index is 668. The lowest BCUT2D eigenvalue weighted by Crippen LogP contribution is -2.41. The summed E-state index contributed by atoms with van der Waals surface area (Å²) < 4.78 is 9.37. The van der Waals surface area contributed by atoms with Crippen LogP contribution >= 0.6 is 0 Å². The molecule has 2 aliphatic heterocycles. The predicted octanol–water partition coefficient (Wildman–Crippen LogP) is 1.06. The van der Waals surface area contributed by atoms with E-state index in [2.05, 4.69) is 4.74 Å². The third-order valence-corrected chi connectivity index (χ3v) is 4.52. The highest BCUT2D eigenvalue weighted by Crippen LogP contribution is 2.53. The van der Waals surface area contributed by atoms with Crippen molar-refractivity contribution in [2.24, 2.45) is 17.3 Å². The minimum atomic E-state index is -0.972. The molecule has 0 aromatic carbocycles. The Morgan fingerprint density at radius 1 is 1.05 bits per heavy atom. The van der Waals surface area contributed by atoms with Crippen molar-refractivity contribution < 1.29 is 28.7 Å². The van der Waals surface area contributed by atoms with Crippen molar-refractivity contribution in [2.45, 2.75) is 27.2 Å². The van der Waals surface area contributed by atoms with E-state index >= 15 is 0 Å². The number of carbonyl (C=O) groups is 4. The van der Waals surface area contributed by atoms with Crippen LogP contribution in [0.2, 0.25) is 0 Å². The summed E-state index contributed by atoms with van der Waals surface area (Å²) in [6.45, 7) is 5.03. The van der Waals surface area contributed by atoms with Crippen molar-refractivity contribution in [1.82, 2.24) is 0 Å². The van der Waals surface area contributed by atoms with E-state index in [0.717, 1.165) is 5.57 Å². The van der Waals surface area contributed by atoms with Crippen molar-refractivity contribution in [3.8, 4) is 0 Å². The number of rotatable bonds is 1. The number of hydrogen-bond donors (Lipinski definition) is 0. The number of hydrogen-bond acceptors (Lipinski definition) is 6. The van der Waals surface area contributed by atoms with E-state index < -0.39 is 41.1 Å². The zero-order valence-corrected chi connectivity index (χ0v) is 11.9. The molecule has 0 saturated carbocycles. The molecular formula is C15H14O6. The molecule has 0 bridgehead atoms. The molecule has 3 unspecified atom stereocenters. The summed E-state index contributed by atoms with van der Waals surface area (Å²) >= 11 is 0. The summed E-state index contributed by atoms with van der Waals surface area (Å²) in [4.78, 5) is 47.5. The number of fused-ring (bicyclic) bond motifs is 1. The molecule has 6 nitrogen and oxygen atoms in total.